The molecule has 4 N–H and O–H groups in total. The Balaban J connectivity index is 1.98. The van der Waals surface area contributed by atoms with Gasteiger partial charge in [0.2, 0.25) is 5.91 Å². The summed E-state index contributed by atoms with van der Waals surface area (Å²) < 4.78 is 0. The molecule has 1 aromatic heterocycles. The number of rotatable bonds is 6. The smallest absolute Gasteiger partial charge is 0.318 e. The van der Waals surface area contributed by atoms with Crippen molar-refractivity contribution >= 4 is 23.3 Å². The van der Waals surface area contributed by atoms with Crippen molar-refractivity contribution in [1.82, 2.24) is 10.6 Å². The van der Waals surface area contributed by atoms with E-state index in [1.54, 1.807) is 11.3 Å². The quantitative estimate of drug-likeness (QED) is 0.611. The maximum absolute atomic E-state index is 12.7. The van der Waals surface area contributed by atoms with E-state index in [1.807, 2.05) is 79.0 Å². The van der Waals surface area contributed by atoms with Crippen LogP contribution in [-0.2, 0) is 4.79 Å². The topological polar surface area (TPSA) is 84.2 Å². The molecule has 0 aliphatic heterocycles. The van der Waals surface area contributed by atoms with Gasteiger partial charge < -0.3 is 5.73 Å². The second-order valence-electron chi connectivity index (χ2n) is 6.22. The van der Waals surface area contributed by atoms with E-state index in [9.17, 15) is 9.59 Å². The minimum atomic E-state index is -0.870. The number of carbonyl (C=O) groups is 2. The zero-order valence-corrected chi connectivity index (χ0v) is 15.7. The highest BCUT2D eigenvalue weighted by atomic mass is 32.1. The summed E-state index contributed by atoms with van der Waals surface area (Å²) in [5.41, 5.74) is 8.12. The van der Waals surface area contributed by atoms with Crippen LogP contribution in [0.2, 0.25) is 0 Å². The van der Waals surface area contributed by atoms with Gasteiger partial charge in [0.05, 0.1) is 6.04 Å². The predicted octanol–water partition coefficient (Wildman–Crippen LogP) is 3.67. The molecule has 6 heteroatoms. The Morgan fingerprint density at radius 1 is 0.926 bits per heavy atom. The van der Waals surface area contributed by atoms with Crippen molar-refractivity contribution < 1.29 is 9.59 Å². The Labute approximate surface area is 162 Å². The molecule has 2 aromatic carbocycles. The van der Waals surface area contributed by atoms with Crippen molar-refractivity contribution in [3.63, 3.8) is 0 Å². The number of benzene rings is 2. The van der Waals surface area contributed by atoms with Crippen LogP contribution in [0.4, 0.5) is 4.79 Å². The van der Waals surface area contributed by atoms with Crippen LogP contribution in [0.1, 0.15) is 33.7 Å². The third-order valence-corrected chi connectivity index (χ3v) is 5.15. The number of hydrogen-bond acceptors (Lipinski definition) is 4. The summed E-state index contributed by atoms with van der Waals surface area (Å²) in [6, 6.07) is 19.6. The number of primary amides is 1. The van der Waals surface area contributed by atoms with Gasteiger partial charge in [-0.2, -0.15) is 0 Å². The molecule has 0 aliphatic carbocycles. The summed E-state index contributed by atoms with van der Waals surface area (Å²) in [7, 11) is 0. The van der Waals surface area contributed by atoms with E-state index in [4.69, 9.17) is 5.73 Å². The normalized spacial score (nSPS) is 12.9. The Morgan fingerprint density at radius 3 is 2.22 bits per heavy atom. The second kappa shape index (κ2) is 8.62. The molecule has 3 amide bonds. The van der Waals surface area contributed by atoms with Gasteiger partial charge in [0, 0.05) is 4.88 Å². The molecular weight excluding hydrogens is 358 g/mol. The molecule has 0 aliphatic rings. The number of carbonyl (C=O) groups excluding carboxylic acids is 2. The average Bonchev–Trinajstić information content (AvgIpc) is 3.18. The molecule has 0 bridgehead atoms. The van der Waals surface area contributed by atoms with Crippen molar-refractivity contribution in [2.24, 2.45) is 5.73 Å². The Morgan fingerprint density at radius 2 is 1.63 bits per heavy atom. The fourth-order valence-electron chi connectivity index (χ4n) is 2.89. The van der Waals surface area contributed by atoms with E-state index in [-0.39, 0.29) is 6.04 Å². The fraction of sp³-hybridized carbons (Fsp3) is 0.143. The van der Waals surface area contributed by atoms with Crippen LogP contribution in [0.25, 0.3) is 0 Å². The van der Waals surface area contributed by atoms with Crippen LogP contribution in [0.3, 0.4) is 0 Å². The Kier molecular flexibility index (Phi) is 6.01. The van der Waals surface area contributed by atoms with Crippen LogP contribution in [0.15, 0.2) is 72.1 Å². The summed E-state index contributed by atoms with van der Waals surface area (Å²) >= 11 is 1.61. The van der Waals surface area contributed by atoms with Gasteiger partial charge in [0.15, 0.2) is 0 Å². The van der Waals surface area contributed by atoms with Crippen LogP contribution >= 0.6 is 11.3 Å². The maximum atomic E-state index is 12.7. The lowest BCUT2D eigenvalue weighted by Crippen LogP contribution is -2.44. The van der Waals surface area contributed by atoms with Gasteiger partial charge >= 0.3 is 6.03 Å². The highest BCUT2D eigenvalue weighted by Crippen LogP contribution is 2.29. The molecule has 3 aromatic rings. The first-order valence-electron chi connectivity index (χ1n) is 8.56. The summed E-state index contributed by atoms with van der Waals surface area (Å²) in [6.45, 7) is 2.03. The zero-order chi connectivity index (χ0) is 19.2. The lowest BCUT2D eigenvalue weighted by molar-refractivity contribution is -0.122. The Hall–Kier alpha value is -2.96. The van der Waals surface area contributed by atoms with E-state index >= 15 is 0 Å². The number of urea groups is 1. The number of aryl methyl sites for hydroxylation is 1. The molecule has 3 rings (SSSR count). The molecule has 0 fully saturated rings. The molecule has 138 valence electrons. The van der Waals surface area contributed by atoms with E-state index in [1.165, 1.54) is 0 Å². The first-order chi connectivity index (χ1) is 13.0. The minimum absolute atomic E-state index is 0.200. The molecule has 0 saturated carbocycles. The van der Waals surface area contributed by atoms with Crippen molar-refractivity contribution in [3.05, 3.63) is 93.7 Å². The summed E-state index contributed by atoms with van der Waals surface area (Å²) in [5, 5.41) is 7.60. The van der Waals surface area contributed by atoms with Gasteiger partial charge in [0.1, 0.15) is 6.04 Å². The van der Waals surface area contributed by atoms with Crippen molar-refractivity contribution in [2.75, 3.05) is 0 Å². The molecule has 1 heterocycles. The van der Waals surface area contributed by atoms with Gasteiger partial charge in [-0.1, -0.05) is 66.2 Å². The molecular formula is C21H21N3O2S. The van der Waals surface area contributed by atoms with Gasteiger partial charge in [-0.15, -0.1) is 11.3 Å². The largest absolute Gasteiger partial charge is 0.351 e. The third-order valence-electron chi connectivity index (χ3n) is 4.21. The van der Waals surface area contributed by atoms with Gasteiger partial charge in [-0.05, 0) is 29.5 Å². The number of hydrogen-bond donors (Lipinski definition) is 3. The number of imide groups is 1. The monoisotopic (exact) mass is 379 g/mol. The van der Waals surface area contributed by atoms with Crippen molar-refractivity contribution in [2.45, 2.75) is 19.0 Å². The van der Waals surface area contributed by atoms with Gasteiger partial charge in [0.25, 0.3) is 0 Å². The molecule has 5 nitrogen and oxygen atoms in total. The molecule has 0 spiro atoms. The number of amides is 3. The van der Waals surface area contributed by atoms with E-state index in [0.717, 1.165) is 21.6 Å². The summed E-state index contributed by atoms with van der Waals surface area (Å²) in [6.07, 6.45) is 0. The molecule has 0 saturated heterocycles. The van der Waals surface area contributed by atoms with Crippen LogP contribution < -0.4 is 16.4 Å². The lowest BCUT2D eigenvalue weighted by atomic mass is 9.99. The number of nitrogens with two attached hydrogens (primary N) is 1. The predicted molar refractivity (Wildman–Crippen MR) is 107 cm³/mol. The standard InChI is InChI=1S/C21H21N3O2S/c1-14-9-11-16(12-10-14)18(17-8-5-13-27-17)23-19(20(25)24-21(22)26)15-6-3-2-4-7-15/h2-13,18-19,23H,1H3,(H3,22,24,25,26)/t18-,19-/m0/s1. The van der Waals surface area contributed by atoms with E-state index < -0.39 is 18.0 Å². The fourth-order valence-corrected chi connectivity index (χ4v) is 3.70. The van der Waals surface area contributed by atoms with Crippen LogP contribution in [0.5, 0.6) is 0 Å². The molecule has 0 unspecified atom stereocenters. The van der Waals surface area contributed by atoms with Gasteiger partial charge in [-0.25, -0.2) is 4.79 Å². The summed E-state index contributed by atoms with van der Waals surface area (Å²) in [4.78, 5) is 25.0. The highest BCUT2D eigenvalue weighted by Gasteiger charge is 2.27. The number of nitrogens with one attached hydrogen (secondary N) is 2. The van der Waals surface area contributed by atoms with Crippen LogP contribution in [0, 0.1) is 6.92 Å². The molecule has 2 atom stereocenters. The molecule has 0 radical (unpaired) electrons. The average molecular weight is 379 g/mol. The van der Waals surface area contributed by atoms with Crippen LogP contribution in [-0.4, -0.2) is 11.9 Å². The summed E-state index contributed by atoms with van der Waals surface area (Å²) in [5.74, 6) is -0.484. The van der Waals surface area contributed by atoms with E-state index in [0.29, 0.717) is 0 Å². The van der Waals surface area contributed by atoms with Crippen molar-refractivity contribution in [3.8, 4) is 0 Å². The SMILES string of the molecule is Cc1ccc([C@H](N[C@H](C(=O)NC(N)=O)c2ccccc2)c2cccs2)cc1. The van der Waals surface area contributed by atoms with Gasteiger partial charge in [-0.3, -0.25) is 15.4 Å². The Bertz CT molecular complexity index is 893. The first-order valence-corrected chi connectivity index (χ1v) is 9.44. The highest BCUT2D eigenvalue weighted by molar-refractivity contribution is 7.10. The molecule has 27 heavy (non-hydrogen) atoms. The zero-order valence-electron chi connectivity index (χ0n) is 14.9. The van der Waals surface area contributed by atoms with E-state index in [2.05, 4.69) is 10.6 Å². The second-order valence-corrected chi connectivity index (χ2v) is 7.20. The van der Waals surface area contributed by atoms with Crippen molar-refractivity contribution in [1.29, 1.82) is 0 Å². The lowest BCUT2D eigenvalue weighted by Gasteiger charge is -2.25. The third kappa shape index (κ3) is 4.81. The number of thiophene rings is 1. The minimum Gasteiger partial charge on any atom is -0.351 e. The first kappa shape index (κ1) is 18.8. The maximum Gasteiger partial charge on any atom is 0.318 e.